The summed E-state index contributed by atoms with van der Waals surface area (Å²) in [6.07, 6.45) is 1.64. The van der Waals surface area contributed by atoms with Crippen molar-refractivity contribution in [3.8, 4) is 0 Å². The van der Waals surface area contributed by atoms with Crippen molar-refractivity contribution < 1.29 is 24.2 Å². The summed E-state index contributed by atoms with van der Waals surface area (Å²) in [6, 6.07) is 9.06. The number of carbonyl (C=O) groups is 3. The van der Waals surface area contributed by atoms with E-state index in [4.69, 9.17) is 5.11 Å². The molecule has 0 heterocycles. The van der Waals surface area contributed by atoms with E-state index in [1.807, 2.05) is 18.2 Å². The van der Waals surface area contributed by atoms with Crippen molar-refractivity contribution in [2.24, 2.45) is 0 Å². The topological polar surface area (TPSA) is 83.9 Å². The summed E-state index contributed by atoms with van der Waals surface area (Å²) >= 11 is 0. The maximum absolute atomic E-state index is 11.9. The van der Waals surface area contributed by atoms with Crippen molar-refractivity contribution in [1.29, 1.82) is 0 Å². The lowest BCUT2D eigenvalue weighted by atomic mass is 10.2. The van der Waals surface area contributed by atoms with Crippen LogP contribution in [0.25, 0.3) is 0 Å². The normalized spacial score (nSPS) is 10.2. The van der Waals surface area contributed by atoms with Gasteiger partial charge in [0, 0.05) is 18.7 Å². The van der Waals surface area contributed by atoms with Gasteiger partial charge in [0.25, 0.3) is 0 Å². The molecule has 0 fully saturated rings. The predicted molar refractivity (Wildman–Crippen MR) is 70.7 cm³/mol. The third-order valence-electron chi connectivity index (χ3n) is 2.44. The van der Waals surface area contributed by atoms with Gasteiger partial charge in [0.15, 0.2) is 0 Å². The molecule has 1 amide bonds. The molecule has 1 aromatic rings. The molecule has 1 aromatic carbocycles. The summed E-state index contributed by atoms with van der Waals surface area (Å²) in [5.41, 5.74) is 0.827. The van der Waals surface area contributed by atoms with Gasteiger partial charge in [-0.1, -0.05) is 30.3 Å². The highest BCUT2D eigenvalue weighted by Crippen LogP contribution is 2.05. The van der Waals surface area contributed by atoms with E-state index < -0.39 is 17.8 Å². The zero-order valence-corrected chi connectivity index (χ0v) is 11.0. The highest BCUT2D eigenvalue weighted by atomic mass is 16.5. The molecule has 20 heavy (non-hydrogen) atoms. The van der Waals surface area contributed by atoms with Crippen LogP contribution in [0.3, 0.4) is 0 Å². The Morgan fingerprint density at radius 2 is 1.85 bits per heavy atom. The smallest absolute Gasteiger partial charge is 0.328 e. The Morgan fingerprint density at radius 3 is 2.40 bits per heavy atom. The Hall–Kier alpha value is -2.63. The molecule has 0 saturated carbocycles. The van der Waals surface area contributed by atoms with E-state index in [-0.39, 0.29) is 13.1 Å². The second-order valence-corrected chi connectivity index (χ2v) is 3.93. The Morgan fingerprint density at radius 1 is 1.20 bits per heavy atom. The monoisotopic (exact) mass is 277 g/mol. The minimum atomic E-state index is -1.23. The molecule has 0 saturated heterocycles. The summed E-state index contributed by atoms with van der Waals surface area (Å²) < 4.78 is 4.52. The van der Waals surface area contributed by atoms with Gasteiger partial charge in [-0.15, -0.1) is 0 Å². The van der Waals surface area contributed by atoms with Crippen LogP contribution < -0.4 is 0 Å². The third-order valence-corrected chi connectivity index (χ3v) is 2.44. The molecule has 0 aliphatic rings. The molecule has 6 nitrogen and oxygen atoms in total. The lowest BCUT2D eigenvalue weighted by Gasteiger charge is -2.19. The number of nitrogens with zero attached hydrogens (tertiary/aromatic N) is 1. The molecule has 0 unspecified atom stereocenters. The molecule has 0 radical (unpaired) electrons. The maximum atomic E-state index is 11.9. The zero-order chi connectivity index (χ0) is 15.0. The summed E-state index contributed by atoms with van der Waals surface area (Å²) in [6.45, 7) is -0.0487. The molecule has 1 rings (SSSR count). The average Bonchev–Trinajstić information content (AvgIpc) is 2.44. The van der Waals surface area contributed by atoms with E-state index in [9.17, 15) is 14.4 Å². The highest BCUT2D eigenvalue weighted by molar-refractivity contribution is 5.95. The number of amides is 1. The number of carboxylic acid groups (broad SMARTS) is 1. The summed E-state index contributed by atoms with van der Waals surface area (Å²) in [7, 11) is 1.22. The number of aliphatic carboxylic acids is 1. The van der Waals surface area contributed by atoms with Crippen LogP contribution in [0.5, 0.6) is 0 Å². The standard InChI is InChI=1S/C14H15NO5/c1-20-14(19)10-15(12(16)7-8-13(17)18)9-11-5-3-2-4-6-11/h2-8H,9-10H2,1H3,(H,17,18)/b8-7+. The van der Waals surface area contributed by atoms with Crippen LogP contribution >= 0.6 is 0 Å². The fourth-order valence-electron chi connectivity index (χ4n) is 1.48. The molecular weight excluding hydrogens is 262 g/mol. The first-order chi connectivity index (χ1) is 9.52. The van der Waals surface area contributed by atoms with Gasteiger partial charge in [0.2, 0.25) is 5.91 Å². The molecule has 0 spiro atoms. The molecule has 0 atom stereocenters. The van der Waals surface area contributed by atoms with Gasteiger partial charge in [-0.05, 0) is 5.56 Å². The van der Waals surface area contributed by atoms with Crippen LogP contribution in [0.15, 0.2) is 42.5 Å². The Balaban J connectivity index is 2.82. The van der Waals surface area contributed by atoms with Gasteiger partial charge in [-0.25, -0.2) is 4.79 Å². The van der Waals surface area contributed by atoms with Crippen LogP contribution in [0.2, 0.25) is 0 Å². The number of esters is 1. The average molecular weight is 277 g/mol. The van der Waals surface area contributed by atoms with E-state index in [0.29, 0.717) is 0 Å². The highest BCUT2D eigenvalue weighted by Gasteiger charge is 2.16. The van der Waals surface area contributed by atoms with Crippen LogP contribution in [0, 0.1) is 0 Å². The van der Waals surface area contributed by atoms with Gasteiger partial charge in [0.05, 0.1) is 7.11 Å². The van der Waals surface area contributed by atoms with Crippen molar-refractivity contribution in [2.45, 2.75) is 6.54 Å². The lowest BCUT2D eigenvalue weighted by Crippen LogP contribution is -2.34. The molecule has 0 bridgehead atoms. The van der Waals surface area contributed by atoms with Crippen molar-refractivity contribution in [3.05, 3.63) is 48.0 Å². The van der Waals surface area contributed by atoms with E-state index in [0.717, 1.165) is 17.7 Å². The molecule has 0 aliphatic heterocycles. The number of hydrogen-bond acceptors (Lipinski definition) is 4. The van der Waals surface area contributed by atoms with Crippen molar-refractivity contribution in [2.75, 3.05) is 13.7 Å². The van der Waals surface area contributed by atoms with Crippen LogP contribution in [0.1, 0.15) is 5.56 Å². The second kappa shape index (κ2) is 7.73. The van der Waals surface area contributed by atoms with Crippen molar-refractivity contribution in [1.82, 2.24) is 4.90 Å². The number of ether oxygens (including phenoxy) is 1. The first kappa shape index (κ1) is 15.4. The van der Waals surface area contributed by atoms with Gasteiger partial charge >= 0.3 is 11.9 Å². The fourth-order valence-corrected chi connectivity index (χ4v) is 1.48. The maximum Gasteiger partial charge on any atom is 0.328 e. The second-order valence-electron chi connectivity index (χ2n) is 3.93. The number of hydrogen-bond donors (Lipinski definition) is 1. The minimum Gasteiger partial charge on any atom is -0.478 e. The number of benzene rings is 1. The van der Waals surface area contributed by atoms with Gasteiger partial charge < -0.3 is 14.7 Å². The van der Waals surface area contributed by atoms with E-state index in [1.165, 1.54) is 12.0 Å². The van der Waals surface area contributed by atoms with Crippen molar-refractivity contribution in [3.63, 3.8) is 0 Å². The SMILES string of the molecule is COC(=O)CN(Cc1ccccc1)C(=O)/C=C/C(=O)O. The Bertz CT molecular complexity index is 510. The summed E-state index contributed by atoms with van der Waals surface area (Å²) in [5, 5.41) is 8.51. The molecule has 0 aromatic heterocycles. The third kappa shape index (κ3) is 5.34. The van der Waals surface area contributed by atoms with Gasteiger partial charge in [0.1, 0.15) is 6.54 Å². The minimum absolute atomic E-state index is 0.193. The predicted octanol–water partition coefficient (Wildman–Crippen LogP) is 0.829. The molecule has 106 valence electrons. The Kier molecular flexibility index (Phi) is 5.96. The van der Waals surface area contributed by atoms with Gasteiger partial charge in [-0.2, -0.15) is 0 Å². The van der Waals surface area contributed by atoms with E-state index in [1.54, 1.807) is 12.1 Å². The van der Waals surface area contributed by atoms with Crippen molar-refractivity contribution >= 4 is 17.8 Å². The Labute approximate surface area is 116 Å². The van der Waals surface area contributed by atoms with Crippen LogP contribution in [-0.4, -0.2) is 41.5 Å². The quantitative estimate of drug-likeness (QED) is 0.615. The first-order valence-corrected chi connectivity index (χ1v) is 5.83. The van der Waals surface area contributed by atoms with Gasteiger partial charge in [-0.3, -0.25) is 9.59 Å². The summed E-state index contributed by atoms with van der Waals surface area (Å²) in [5.74, 6) is -2.37. The fraction of sp³-hybridized carbons (Fsp3) is 0.214. The van der Waals surface area contributed by atoms with Crippen LogP contribution in [0.4, 0.5) is 0 Å². The first-order valence-electron chi connectivity index (χ1n) is 5.83. The molecular formula is C14H15NO5. The zero-order valence-electron chi connectivity index (χ0n) is 11.0. The number of methoxy groups -OCH3 is 1. The lowest BCUT2D eigenvalue weighted by molar-refractivity contribution is -0.145. The number of rotatable bonds is 6. The molecule has 0 aliphatic carbocycles. The molecule has 6 heteroatoms. The van der Waals surface area contributed by atoms with E-state index in [2.05, 4.69) is 4.74 Å². The number of carbonyl (C=O) groups excluding carboxylic acids is 2. The largest absolute Gasteiger partial charge is 0.478 e. The van der Waals surface area contributed by atoms with Crippen LogP contribution in [-0.2, 0) is 25.7 Å². The molecule has 1 N–H and O–H groups in total. The number of carboxylic acids is 1. The van der Waals surface area contributed by atoms with E-state index >= 15 is 0 Å². The summed E-state index contributed by atoms with van der Waals surface area (Å²) in [4.78, 5) is 34.8.